The predicted molar refractivity (Wildman–Crippen MR) is 83.8 cm³/mol. The maximum Gasteiger partial charge on any atom is 0.124 e. The first-order valence-electron chi connectivity index (χ1n) is 6.95. The Morgan fingerprint density at radius 1 is 1.24 bits per heavy atom. The SMILES string of the molecule is COCc1c(C#N)[nH]c(CN)c1-c1ccc(C)c(C)c1C. The second kappa shape index (κ2) is 6.13. The molecule has 0 aliphatic rings. The summed E-state index contributed by atoms with van der Waals surface area (Å²) in [7, 11) is 1.63. The van der Waals surface area contributed by atoms with Crippen molar-refractivity contribution < 1.29 is 4.74 Å². The highest BCUT2D eigenvalue weighted by Crippen LogP contribution is 2.34. The van der Waals surface area contributed by atoms with Crippen molar-refractivity contribution in [1.29, 1.82) is 5.26 Å². The molecule has 0 amide bonds. The number of hydrogen-bond donors (Lipinski definition) is 2. The van der Waals surface area contributed by atoms with Crippen molar-refractivity contribution in [2.45, 2.75) is 33.9 Å². The first kappa shape index (κ1) is 15.3. The number of benzene rings is 1. The number of methoxy groups -OCH3 is 1. The Morgan fingerprint density at radius 2 is 1.95 bits per heavy atom. The smallest absolute Gasteiger partial charge is 0.124 e. The number of nitrogens with zero attached hydrogens (tertiary/aromatic N) is 1. The molecule has 2 rings (SSSR count). The van der Waals surface area contributed by atoms with Gasteiger partial charge >= 0.3 is 0 Å². The van der Waals surface area contributed by atoms with Gasteiger partial charge in [-0.2, -0.15) is 5.26 Å². The molecule has 2 aromatic rings. The molecule has 0 spiro atoms. The normalized spacial score (nSPS) is 10.7. The summed E-state index contributed by atoms with van der Waals surface area (Å²) >= 11 is 0. The highest BCUT2D eigenvalue weighted by atomic mass is 16.5. The number of aromatic nitrogens is 1. The van der Waals surface area contributed by atoms with E-state index in [9.17, 15) is 5.26 Å². The molecule has 0 bridgehead atoms. The van der Waals surface area contributed by atoms with Crippen LogP contribution in [0.2, 0.25) is 0 Å². The molecule has 4 nitrogen and oxygen atoms in total. The van der Waals surface area contributed by atoms with E-state index in [0.717, 1.165) is 22.4 Å². The van der Waals surface area contributed by atoms with Crippen molar-refractivity contribution in [3.8, 4) is 17.2 Å². The average Bonchev–Trinajstić information content (AvgIpc) is 2.83. The van der Waals surface area contributed by atoms with Crippen LogP contribution in [0.4, 0.5) is 0 Å². The van der Waals surface area contributed by atoms with E-state index in [1.807, 2.05) is 0 Å². The van der Waals surface area contributed by atoms with Crippen LogP contribution in [0, 0.1) is 32.1 Å². The summed E-state index contributed by atoms with van der Waals surface area (Å²) in [4.78, 5) is 3.13. The molecule has 0 atom stereocenters. The fourth-order valence-corrected chi connectivity index (χ4v) is 2.69. The lowest BCUT2D eigenvalue weighted by Crippen LogP contribution is -2.01. The lowest BCUT2D eigenvalue weighted by Gasteiger charge is -2.14. The van der Waals surface area contributed by atoms with Gasteiger partial charge in [0.05, 0.1) is 6.61 Å². The number of nitrogens with two attached hydrogens (primary N) is 1. The van der Waals surface area contributed by atoms with E-state index in [1.165, 1.54) is 16.7 Å². The molecule has 0 saturated heterocycles. The van der Waals surface area contributed by atoms with Crippen molar-refractivity contribution in [3.05, 3.63) is 45.8 Å². The van der Waals surface area contributed by atoms with Gasteiger partial charge in [0, 0.05) is 30.5 Å². The van der Waals surface area contributed by atoms with Gasteiger partial charge in [-0.05, 0) is 43.0 Å². The molecule has 0 saturated carbocycles. The quantitative estimate of drug-likeness (QED) is 0.905. The van der Waals surface area contributed by atoms with Crippen LogP contribution in [0.1, 0.15) is 33.6 Å². The average molecular weight is 283 g/mol. The largest absolute Gasteiger partial charge is 0.380 e. The van der Waals surface area contributed by atoms with Crippen LogP contribution < -0.4 is 5.73 Å². The van der Waals surface area contributed by atoms with Gasteiger partial charge < -0.3 is 15.5 Å². The van der Waals surface area contributed by atoms with Crippen LogP contribution in [0.15, 0.2) is 12.1 Å². The molecular formula is C17H21N3O. The number of aromatic amines is 1. The summed E-state index contributed by atoms with van der Waals surface area (Å²) in [6.45, 7) is 7.07. The zero-order valence-electron chi connectivity index (χ0n) is 13.0. The predicted octanol–water partition coefficient (Wildman–Crippen LogP) is 3.08. The molecular weight excluding hydrogens is 262 g/mol. The first-order valence-corrected chi connectivity index (χ1v) is 6.95. The Hall–Kier alpha value is -2.09. The molecule has 0 radical (unpaired) electrons. The summed E-state index contributed by atoms with van der Waals surface area (Å²) in [5.74, 6) is 0. The number of aryl methyl sites for hydroxylation is 1. The molecule has 21 heavy (non-hydrogen) atoms. The number of rotatable bonds is 4. The fraction of sp³-hybridized carbons (Fsp3) is 0.353. The minimum atomic E-state index is 0.361. The van der Waals surface area contributed by atoms with E-state index >= 15 is 0 Å². The molecule has 3 N–H and O–H groups in total. The van der Waals surface area contributed by atoms with Crippen LogP contribution in [0.3, 0.4) is 0 Å². The topological polar surface area (TPSA) is 74.8 Å². The Balaban J connectivity index is 2.76. The van der Waals surface area contributed by atoms with Gasteiger partial charge in [0.15, 0.2) is 0 Å². The third kappa shape index (κ3) is 2.58. The molecule has 110 valence electrons. The summed E-state index contributed by atoms with van der Waals surface area (Å²) in [6.07, 6.45) is 0. The Labute approximate surface area is 125 Å². The number of H-pyrrole nitrogens is 1. The van der Waals surface area contributed by atoms with E-state index in [-0.39, 0.29) is 0 Å². The third-order valence-electron chi connectivity index (χ3n) is 4.11. The second-order valence-corrected chi connectivity index (χ2v) is 5.26. The maximum atomic E-state index is 9.32. The number of ether oxygens (including phenoxy) is 1. The minimum absolute atomic E-state index is 0.361. The van der Waals surface area contributed by atoms with Crippen LogP contribution >= 0.6 is 0 Å². The highest BCUT2D eigenvalue weighted by molar-refractivity contribution is 5.76. The van der Waals surface area contributed by atoms with Gasteiger partial charge in [-0.1, -0.05) is 12.1 Å². The van der Waals surface area contributed by atoms with E-state index in [2.05, 4.69) is 44.0 Å². The lowest BCUT2D eigenvalue weighted by atomic mass is 9.91. The number of nitrogens with one attached hydrogen (secondary N) is 1. The second-order valence-electron chi connectivity index (χ2n) is 5.26. The minimum Gasteiger partial charge on any atom is -0.380 e. The van der Waals surface area contributed by atoms with Crippen molar-refractivity contribution in [1.82, 2.24) is 4.98 Å². The standard InChI is InChI=1S/C17H21N3O/c1-10-5-6-13(12(3)11(10)2)17-14(9-21-4)15(7-18)20-16(17)8-19/h5-6,20H,8-9,19H2,1-4H3. The van der Waals surface area contributed by atoms with Crippen molar-refractivity contribution >= 4 is 0 Å². The first-order chi connectivity index (χ1) is 10.0. The van der Waals surface area contributed by atoms with Gasteiger partial charge in [0.2, 0.25) is 0 Å². The molecule has 0 aliphatic heterocycles. The monoisotopic (exact) mass is 283 g/mol. The lowest BCUT2D eigenvalue weighted by molar-refractivity contribution is 0.185. The van der Waals surface area contributed by atoms with Crippen LogP contribution in [-0.4, -0.2) is 12.1 Å². The van der Waals surface area contributed by atoms with Crippen molar-refractivity contribution in [3.63, 3.8) is 0 Å². The highest BCUT2D eigenvalue weighted by Gasteiger charge is 2.20. The Morgan fingerprint density at radius 3 is 2.52 bits per heavy atom. The summed E-state index contributed by atoms with van der Waals surface area (Å²) in [6, 6.07) is 6.40. The molecule has 0 aliphatic carbocycles. The molecule has 1 aromatic carbocycles. The summed E-state index contributed by atoms with van der Waals surface area (Å²) in [5, 5.41) is 9.32. The summed E-state index contributed by atoms with van der Waals surface area (Å²) in [5.41, 5.74) is 14.0. The Bertz CT molecular complexity index is 708. The van der Waals surface area contributed by atoms with Crippen LogP contribution in [0.25, 0.3) is 11.1 Å². The fourth-order valence-electron chi connectivity index (χ4n) is 2.69. The van der Waals surface area contributed by atoms with E-state index in [4.69, 9.17) is 10.5 Å². The zero-order chi connectivity index (χ0) is 15.6. The molecule has 1 aromatic heterocycles. The van der Waals surface area contributed by atoms with Crippen LogP contribution in [-0.2, 0) is 17.9 Å². The maximum absolute atomic E-state index is 9.32. The van der Waals surface area contributed by atoms with E-state index in [0.29, 0.717) is 18.8 Å². The van der Waals surface area contributed by atoms with Gasteiger partial charge in [0.25, 0.3) is 0 Å². The van der Waals surface area contributed by atoms with Gasteiger partial charge in [-0.15, -0.1) is 0 Å². The van der Waals surface area contributed by atoms with Crippen molar-refractivity contribution in [2.75, 3.05) is 7.11 Å². The summed E-state index contributed by atoms with van der Waals surface area (Å²) < 4.78 is 5.27. The van der Waals surface area contributed by atoms with E-state index in [1.54, 1.807) is 7.11 Å². The molecule has 1 heterocycles. The number of hydrogen-bond acceptors (Lipinski definition) is 3. The van der Waals surface area contributed by atoms with Crippen LogP contribution in [0.5, 0.6) is 0 Å². The van der Waals surface area contributed by atoms with Gasteiger partial charge in [0.1, 0.15) is 11.8 Å². The molecule has 4 heteroatoms. The number of nitriles is 1. The van der Waals surface area contributed by atoms with E-state index < -0.39 is 0 Å². The van der Waals surface area contributed by atoms with Gasteiger partial charge in [-0.25, -0.2) is 0 Å². The molecule has 0 unspecified atom stereocenters. The van der Waals surface area contributed by atoms with Gasteiger partial charge in [-0.3, -0.25) is 0 Å². The molecule has 0 fully saturated rings. The zero-order valence-corrected chi connectivity index (χ0v) is 13.0. The third-order valence-corrected chi connectivity index (χ3v) is 4.11. The Kier molecular flexibility index (Phi) is 4.46. The van der Waals surface area contributed by atoms with Crippen molar-refractivity contribution in [2.24, 2.45) is 5.73 Å².